The zero-order valence-electron chi connectivity index (χ0n) is 8.79. The average molecular weight is 222 g/mol. The Morgan fingerprint density at radius 2 is 2.38 bits per heavy atom. The van der Waals surface area contributed by atoms with Crippen molar-refractivity contribution in [1.82, 2.24) is 5.32 Å². The molecule has 1 aromatic carbocycles. The summed E-state index contributed by atoms with van der Waals surface area (Å²) >= 11 is 0. The standard InChI is InChI=1S/C11H11FN2O2/c1-16-7-11(15)14-6-9-3-2-8(5-13)4-10(9)12/h2-4H,6-7H2,1H3,(H,14,15). The van der Waals surface area contributed by atoms with Gasteiger partial charge in [-0.2, -0.15) is 5.26 Å². The van der Waals surface area contributed by atoms with E-state index in [-0.39, 0.29) is 24.6 Å². The Morgan fingerprint density at radius 1 is 1.62 bits per heavy atom. The molecule has 0 spiro atoms. The van der Waals surface area contributed by atoms with E-state index in [1.165, 1.54) is 19.2 Å². The Kier molecular flexibility index (Phi) is 4.42. The van der Waals surface area contributed by atoms with E-state index >= 15 is 0 Å². The fraction of sp³-hybridized carbons (Fsp3) is 0.273. The summed E-state index contributed by atoms with van der Waals surface area (Å²) in [6.07, 6.45) is 0. The van der Waals surface area contributed by atoms with Crippen molar-refractivity contribution >= 4 is 5.91 Å². The number of hydrogen-bond donors (Lipinski definition) is 1. The fourth-order valence-corrected chi connectivity index (χ4v) is 1.14. The second kappa shape index (κ2) is 5.83. The molecular weight excluding hydrogens is 211 g/mol. The largest absolute Gasteiger partial charge is 0.375 e. The van der Waals surface area contributed by atoms with Crippen molar-refractivity contribution in [1.29, 1.82) is 5.26 Å². The summed E-state index contributed by atoms with van der Waals surface area (Å²) in [5, 5.41) is 11.0. The summed E-state index contributed by atoms with van der Waals surface area (Å²) in [4.78, 5) is 11.0. The van der Waals surface area contributed by atoms with Crippen LogP contribution in [0.5, 0.6) is 0 Å². The zero-order valence-corrected chi connectivity index (χ0v) is 8.79. The summed E-state index contributed by atoms with van der Waals surface area (Å²) in [6, 6.07) is 5.94. The number of nitrogens with one attached hydrogen (secondary N) is 1. The van der Waals surface area contributed by atoms with Crippen LogP contribution >= 0.6 is 0 Å². The first kappa shape index (κ1) is 12.1. The van der Waals surface area contributed by atoms with Gasteiger partial charge in [-0.1, -0.05) is 6.07 Å². The maximum absolute atomic E-state index is 13.3. The van der Waals surface area contributed by atoms with Crippen molar-refractivity contribution in [3.8, 4) is 6.07 Å². The Hall–Kier alpha value is -1.93. The van der Waals surface area contributed by atoms with Crippen molar-refractivity contribution in [3.05, 3.63) is 35.1 Å². The lowest BCUT2D eigenvalue weighted by Crippen LogP contribution is -2.26. The molecule has 84 valence electrons. The van der Waals surface area contributed by atoms with E-state index < -0.39 is 5.82 Å². The molecule has 0 aromatic heterocycles. The Balaban J connectivity index is 2.62. The van der Waals surface area contributed by atoms with Crippen molar-refractivity contribution in [2.45, 2.75) is 6.54 Å². The molecule has 0 atom stereocenters. The van der Waals surface area contributed by atoms with Crippen molar-refractivity contribution < 1.29 is 13.9 Å². The first-order valence-electron chi connectivity index (χ1n) is 4.61. The van der Waals surface area contributed by atoms with E-state index in [1.807, 2.05) is 6.07 Å². The molecule has 0 saturated carbocycles. The molecule has 1 rings (SSSR count). The van der Waals surface area contributed by atoms with Crippen LogP contribution in [0.4, 0.5) is 4.39 Å². The molecule has 0 aliphatic heterocycles. The molecule has 1 N–H and O–H groups in total. The Labute approximate surface area is 92.6 Å². The van der Waals surface area contributed by atoms with Crippen LogP contribution in [0, 0.1) is 17.1 Å². The van der Waals surface area contributed by atoms with Gasteiger partial charge in [0.15, 0.2) is 0 Å². The lowest BCUT2D eigenvalue weighted by molar-refractivity contribution is -0.124. The van der Waals surface area contributed by atoms with E-state index in [4.69, 9.17) is 5.26 Å². The quantitative estimate of drug-likeness (QED) is 0.825. The van der Waals surface area contributed by atoms with Crippen LogP contribution in [0.15, 0.2) is 18.2 Å². The maximum atomic E-state index is 13.3. The average Bonchev–Trinajstić information content (AvgIpc) is 2.27. The summed E-state index contributed by atoms with van der Waals surface area (Å²) in [7, 11) is 1.40. The third kappa shape index (κ3) is 3.33. The number of methoxy groups -OCH3 is 1. The minimum atomic E-state index is -0.503. The minimum absolute atomic E-state index is 0.0576. The second-order valence-electron chi connectivity index (χ2n) is 3.13. The van der Waals surface area contributed by atoms with E-state index in [0.717, 1.165) is 6.07 Å². The van der Waals surface area contributed by atoms with Crippen LogP contribution in [0.3, 0.4) is 0 Å². The molecular formula is C11H11FN2O2. The number of benzene rings is 1. The minimum Gasteiger partial charge on any atom is -0.375 e. The first-order valence-corrected chi connectivity index (χ1v) is 4.61. The number of amides is 1. The van der Waals surface area contributed by atoms with Gasteiger partial charge in [-0.05, 0) is 12.1 Å². The van der Waals surface area contributed by atoms with Gasteiger partial charge in [0.2, 0.25) is 5.91 Å². The fourth-order valence-electron chi connectivity index (χ4n) is 1.14. The summed E-state index contributed by atoms with van der Waals surface area (Å²) < 4.78 is 17.9. The predicted molar refractivity (Wildman–Crippen MR) is 54.8 cm³/mol. The Bertz CT molecular complexity index is 426. The van der Waals surface area contributed by atoms with Gasteiger partial charge in [0.1, 0.15) is 12.4 Å². The molecule has 1 amide bonds. The van der Waals surface area contributed by atoms with Gasteiger partial charge in [0, 0.05) is 19.2 Å². The molecule has 1 aromatic rings. The van der Waals surface area contributed by atoms with Crippen molar-refractivity contribution in [3.63, 3.8) is 0 Å². The van der Waals surface area contributed by atoms with Gasteiger partial charge in [-0.3, -0.25) is 4.79 Å². The summed E-state index contributed by atoms with van der Waals surface area (Å²) in [6.45, 7) is 0.0254. The highest BCUT2D eigenvalue weighted by Gasteiger charge is 2.05. The zero-order chi connectivity index (χ0) is 12.0. The number of halogens is 1. The molecule has 0 heterocycles. The van der Waals surface area contributed by atoms with Crippen LogP contribution in [-0.2, 0) is 16.1 Å². The van der Waals surface area contributed by atoms with E-state index in [2.05, 4.69) is 10.1 Å². The van der Waals surface area contributed by atoms with Gasteiger partial charge >= 0.3 is 0 Å². The van der Waals surface area contributed by atoms with Gasteiger partial charge in [0.25, 0.3) is 0 Å². The first-order chi connectivity index (χ1) is 7.67. The third-order valence-corrected chi connectivity index (χ3v) is 1.93. The smallest absolute Gasteiger partial charge is 0.246 e. The van der Waals surface area contributed by atoms with Crippen LogP contribution in [0.2, 0.25) is 0 Å². The van der Waals surface area contributed by atoms with Crippen LogP contribution in [0.25, 0.3) is 0 Å². The molecule has 0 saturated heterocycles. The molecule has 0 bridgehead atoms. The molecule has 0 aliphatic rings. The van der Waals surface area contributed by atoms with Gasteiger partial charge < -0.3 is 10.1 Å². The van der Waals surface area contributed by atoms with E-state index in [0.29, 0.717) is 5.56 Å². The molecule has 0 fully saturated rings. The van der Waals surface area contributed by atoms with Crippen molar-refractivity contribution in [2.24, 2.45) is 0 Å². The third-order valence-electron chi connectivity index (χ3n) is 1.93. The number of rotatable bonds is 4. The molecule has 0 unspecified atom stereocenters. The number of hydrogen-bond acceptors (Lipinski definition) is 3. The van der Waals surface area contributed by atoms with Crippen molar-refractivity contribution in [2.75, 3.05) is 13.7 Å². The topological polar surface area (TPSA) is 62.1 Å². The number of nitriles is 1. The molecule has 16 heavy (non-hydrogen) atoms. The highest BCUT2D eigenvalue weighted by Crippen LogP contribution is 2.09. The van der Waals surface area contributed by atoms with Crippen LogP contribution < -0.4 is 5.32 Å². The lowest BCUT2D eigenvalue weighted by Gasteiger charge is -2.05. The molecule has 0 aliphatic carbocycles. The number of carbonyl (C=O) groups is 1. The van der Waals surface area contributed by atoms with Crippen LogP contribution in [0.1, 0.15) is 11.1 Å². The van der Waals surface area contributed by atoms with Crippen LogP contribution in [-0.4, -0.2) is 19.6 Å². The molecule has 0 radical (unpaired) electrons. The predicted octanol–water partition coefficient (Wildman–Crippen LogP) is 0.960. The SMILES string of the molecule is COCC(=O)NCc1ccc(C#N)cc1F. The van der Waals surface area contributed by atoms with Gasteiger partial charge in [-0.25, -0.2) is 4.39 Å². The highest BCUT2D eigenvalue weighted by atomic mass is 19.1. The second-order valence-corrected chi connectivity index (χ2v) is 3.13. The number of ether oxygens (including phenoxy) is 1. The van der Waals surface area contributed by atoms with Gasteiger partial charge in [-0.15, -0.1) is 0 Å². The summed E-state index contributed by atoms with van der Waals surface area (Å²) in [5.74, 6) is -0.817. The van der Waals surface area contributed by atoms with E-state index in [1.54, 1.807) is 0 Å². The normalized spacial score (nSPS) is 9.56. The lowest BCUT2D eigenvalue weighted by atomic mass is 10.1. The monoisotopic (exact) mass is 222 g/mol. The Morgan fingerprint density at radius 3 is 2.94 bits per heavy atom. The van der Waals surface area contributed by atoms with E-state index in [9.17, 15) is 9.18 Å². The highest BCUT2D eigenvalue weighted by molar-refractivity contribution is 5.77. The molecule has 5 heteroatoms. The molecule has 4 nitrogen and oxygen atoms in total. The van der Waals surface area contributed by atoms with Gasteiger partial charge in [0.05, 0.1) is 11.6 Å². The summed E-state index contributed by atoms with van der Waals surface area (Å²) in [5.41, 5.74) is 0.591. The maximum Gasteiger partial charge on any atom is 0.246 e. The number of nitrogens with zero attached hydrogens (tertiary/aromatic N) is 1. The number of carbonyl (C=O) groups excluding carboxylic acids is 1.